The van der Waals surface area contributed by atoms with Crippen molar-refractivity contribution in [2.45, 2.75) is 24.8 Å². The summed E-state index contributed by atoms with van der Waals surface area (Å²) in [6, 6.07) is 3.22. The van der Waals surface area contributed by atoms with Gasteiger partial charge in [-0.1, -0.05) is 29.3 Å². The third-order valence-electron chi connectivity index (χ3n) is 2.58. The number of aryl methyl sites for hydroxylation is 1. The van der Waals surface area contributed by atoms with Crippen molar-refractivity contribution in [1.29, 1.82) is 0 Å². The van der Waals surface area contributed by atoms with Gasteiger partial charge in [-0.25, -0.2) is 13.1 Å². The number of rotatable bonds is 5. The zero-order chi connectivity index (χ0) is 13.9. The number of likely N-dealkylation sites (N-methyl/N-ethyl adjacent to an activating group) is 1. The minimum absolute atomic E-state index is 0. The predicted octanol–water partition coefficient (Wildman–Crippen LogP) is 2.61. The van der Waals surface area contributed by atoms with Crippen molar-refractivity contribution in [1.82, 2.24) is 10.0 Å². The molecular formula is C11H17Cl3N2O2S. The van der Waals surface area contributed by atoms with E-state index in [-0.39, 0.29) is 39.9 Å². The van der Waals surface area contributed by atoms with Crippen molar-refractivity contribution in [3.05, 3.63) is 27.7 Å². The molecule has 0 aromatic heterocycles. The third-order valence-corrected chi connectivity index (χ3v) is 5.12. The van der Waals surface area contributed by atoms with E-state index < -0.39 is 10.0 Å². The summed E-state index contributed by atoms with van der Waals surface area (Å²) in [5.41, 5.74) is 0.670. The van der Waals surface area contributed by atoms with Crippen LogP contribution < -0.4 is 10.0 Å². The van der Waals surface area contributed by atoms with Crippen LogP contribution in [0.4, 0.5) is 0 Å². The van der Waals surface area contributed by atoms with Crippen molar-refractivity contribution >= 4 is 45.6 Å². The van der Waals surface area contributed by atoms with Crippen LogP contribution in [0.25, 0.3) is 0 Å². The van der Waals surface area contributed by atoms with Gasteiger partial charge in [-0.3, -0.25) is 0 Å². The summed E-state index contributed by atoms with van der Waals surface area (Å²) in [5, 5.41) is 3.22. The van der Waals surface area contributed by atoms with E-state index in [4.69, 9.17) is 23.2 Å². The molecule has 0 aliphatic heterocycles. The first-order valence-electron chi connectivity index (χ1n) is 5.41. The van der Waals surface area contributed by atoms with Crippen molar-refractivity contribution in [2.75, 3.05) is 13.6 Å². The van der Waals surface area contributed by atoms with Crippen molar-refractivity contribution in [3.8, 4) is 0 Å². The van der Waals surface area contributed by atoms with Gasteiger partial charge in [-0.15, -0.1) is 12.4 Å². The van der Waals surface area contributed by atoms with E-state index in [0.717, 1.165) is 0 Å². The lowest BCUT2D eigenvalue weighted by atomic mass is 10.2. The predicted molar refractivity (Wildman–Crippen MR) is 82.2 cm³/mol. The maximum absolute atomic E-state index is 12.1. The topological polar surface area (TPSA) is 58.2 Å². The minimum Gasteiger partial charge on any atom is -0.316 e. The van der Waals surface area contributed by atoms with Crippen LogP contribution in [0, 0.1) is 6.92 Å². The Labute approximate surface area is 130 Å². The van der Waals surface area contributed by atoms with E-state index in [1.54, 1.807) is 20.0 Å². The summed E-state index contributed by atoms with van der Waals surface area (Å²) >= 11 is 11.9. The molecule has 110 valence electrons. The Hall–Kier alpha value is -0.0400. The van der Waals surface area contributed by atoms with Crippen LogP contribution in [0.1, 0.15) is 12.5 Å². The van der Waals surface area contributed by atoms with Gasteiger partial charge in [0.1, 0.15) is 4.90 Å². The monoisotopic (exact) mass is 346 g/mol. The van der Waals surface area contributed by atoms with Gasteiger partial charge in [0, 0.05) is 12.6 Å². The van der Waals surface area contributed by atoms with E-state index in [1.807, 2.05) is 6.92 Å². The second-order valence-electron chi connectivity index (χ2n) is 4.05. The maximum Gasteiger partial charge on any atom is 0.243 e. The fourth-order valence-corrected chi connectivity index (χ4v) is 3.60. The van der Waals surface area contributed by atoms with E-state index in [0.29, 0.717) is 5.56 Å². The summed E-state index contributed by atoms with van der Waals surface area (Å²) < 4.78 is 26.8. The quantitative estimate of drug-likeness (QED) is 0.861. The lowest BCUT2D eigenvalue weighted by Gasteiger charge is -2.14. The Bertz CT molecular complexity index is 535. The van der Waals surface area contributed by atoms with Crippen molar-refractivity contribution in [3.63, 3.8) is 0 Å². The maximum atomic E-state index is 12.1. The minimum atomic E-state index is -3.70. The van der Waals surface area contributed by atoms with Gasteiger partial charge in [0.05, 0.1) is 10.0 Å². The van der Waals surface area contributed by atoms with Crippen LogP contribution in [-0.2, 0) is 10.0 Å². The molecule has 0 aliphatic rings. The smallest absolute Gasteiger partial charge is 0.243 e. The molecule has 0 heterocycles. The SMILES string of the molecule is CNC(C)CNS(=O)(=O)c1c(Cl)ccc(C)c1Cl.Cl. The number of halogens is 3. The number of hydrogen-bond acceptors (Lipinski definition) is 3. The van der Waals surface area contributed by atoms with Crippen molar-refractivity contribution in [2.24, 2.45) is 0 Å². The zero-order valence-corrected chi connectivity index (χ0v) is 14.0. The second kappa shape index (κ2) is 7.67. The Morgan fingerprint density at radius 3 is 2.42 bits per heavy atom. The molecule has 0 amide bonds. The number of nitrogens with one attached hydrogen (secondary N) is 2. The number of benzene rings is 1. The third kappa shape index (κ3) is 4.77. The van der Waals surface area contributed by atoms with Gasteiger partial charge in [0.2, 0.25) is 10.0 Å². The fraction of sp³-hybridized carbons (Fsp3) is 0.455. The first-order chi connectivity index (χ1) is 8.29. The van der Waals surface area contributed by atoms with Gasteiger partial charge in [-0.2, -0.15) is 0 Å². The summed E-state index contributed by atoms with van der Waals surface area (Å²) in [6.07, 6.45) is 0. The van der Waals surface area contributed by atoms with Gasteiger partial charge in [0.15, 0.2) is 0 Å². The van der Waals surface area contributed by atoms with Crippen LogP contribution in [0.2, 0.25) is 10.0 Å². The summed E-state index contributed by atoms with van der Waals surface area (Å²) in [5.74, 6) is 0. The molecule has 0 bridgehead atoms. The van der Waals surface area contributed by atoms with E-state index >= 15 is 0 Å². The van der Waals surface area contributed by atoms with Crippen molar-refractivity contribution < 1.29 is 8.42 Å². The molecule has 1 atom stereocenters. The average Bonchev–Trinajstić information content (AvgIpc) is 2.31. The van der Waals surface area contributed by atoms with Crippen LogP contribution in [-0.4, -0.2) is 28.1 Å². The largest absolute Gasteiger partial charge is 0.316 e. The molecule has 0 saturated heterocycles. The van der Waals surface area contributed by atoms with E-state index in [1.165, 1.54) is 6.07 Å². The molecular weight excluding hydrogens is 331 g/mol. The molecule has 0 fully saturated rings. The highest BCUT2D eigenvalue weighted by Crippen LogP contribution is 2.31. The first-order valence-corrected chi connectivity index (χ1v) is 7.65. The molecule has 0 spiro atoms. The molecule has 0 aliphatic carbocycles. The zero-order valence-electron chi connectivity index (χ0n) is 10.8. The van der Waals surface area contributed by atoms with E-state index in [2.05, 4.69) is 10.0 Å². The van der Waals surface area contributed by atoms with Gasteiger partial charge in [0.25, 0.3) is 0 Å². The molecule has 8 heteroatoms. The summed E-state index contributed by atoms with van der Waals surface area (Å²) in [7, 11) is -1.95. The Morgan fingerprint density at radius 2 is 1.89 bits per heavy atom. The van der Waals surface area contributed by atoms with Gasteiger partial charge >= 0.3 is 0 Å². The molecule has 0 saturated carbocycles. The molecule has 19 heavy (non-hydrogen) atoms. The highest BCUT2D eigenvalue weighted by atomic mass is 35.5. The highest BCUT2D eigenvalue weighted by molar-refractivity contribution is 7.89. The molecule has 1 unspecified atom stereocenters. The second-order valence-corrected chi connectivity index (χ2v) is 6.54. The highest BCUT2D eigenvalue weighted by Gasteiger charge is 2.22. The van der Waals surface area contributed by atoms with Crippen LogP contribution in [0.5, 0.6) is 0 Å². The standard InChI is InChI=1S/C11H16Cl2N2O2S.ClH/c1-7-4-5-9(12)11(10(7)13)18(16,17)15-6-8(2)14-3;/h4-5,8,14-15H,6H2,1-3H3;1H. The van der Waals surface area contributed by atoms with Crippen LogP contribution >= 0.6 is 35.6 Å². The number of hydrogen-bond donors (Lipinski definition) is 2. The lowest BCUT2D eigenvalue weighted by molar-refractivity contribution is 0.554. The molecule has 1 aromatic carbocycles. The Balaban J connectivity index is 0.00000324. The molecule has 2 N–H and O–H groups in total. The summed E-state index contributed by atoms with van der Waals surface area (Å²) in [4.78, 5) is -0.0610. The van der Waals surface area contributed by atoms with E-state index in [9.17, 15) is 8.42 Å². The molecule has 4 nitrogen and oxygen atoms in total. The molecule has 1 aromatic rings. The number of sulfonamides is 1. The average molecular weight is 348 g/mol. The molecule has 1 rings (SSSR count). The van der Waals surface area contributed by atoms with Gasteiger partial charge < -0.3 is 5.32 Å². The Kier molecular flexibility index (Phi) is 7.65. The Morgan fingerprint density at radius 1 is 1.32 bits per heavy atom. The summed E-state index contributed by atoms with van der Waals surface area (Å²) in [6.45, 7) is 3.86. The molecule has 0 radical (unpaired) electrons. The van der Waals surface area contributed by atoms with Crippen LogP contribution in [0.3, 0.4) is 0 Å². The first kappa shape index (κ1) is 19.0. The normalized spacial score (nSPS) is 12.9. The lowest BCUT2D eigenvalue weighted by Crippen LogP contribution is -2.37. The fourth-order valence-electron chi connectivity index (χ4n) is 1.29. The van der Waals surface area contributed by atoms with Gasteiger partial charge in [-0.05, 0) is 32.5 Å². The van der Waals surface area contributed by atoms with Crippen LogP contribution in [0.15, 0.2) is 17.0 Å².